The van der Waals surface area contributed by atoms with E-state index in [9.17, 15) is 9.90 Å². The van der Waals surface area contributed by atoms with Crippen LogP contribution in [0.25, 0.3) is 4.91 Å². The SMILES string of the molecule is COc1ccc(Cc2c(O)cccc2C2=CN(CCC(=O)O)C=CS2)cc1. The van der Waals surface area contributed by atoms with Gasteiger partial charge in [0.15, 0.2) is 0 Å². The minimum absolute atomic E-state index is 0.0670. The maximum absolute atomic E-state index is 10.8. The van der Waals surface area contributed by atoms with Gasteiger partial charge in [0.2, 0.25) is 0 Å². The second-order valence-electron chi connectivity index (χ2n) is 6.11. The summed E-state index contributed by atoms with van der Waals surface area (Å²) in [5.41, 5.74) is 2.86. The summed E-state index contributed by atoms with van der Waals surface area (Å²) in [6, 6.07) is 13.3. The highest BCUT2D eigenvalue weighted by Gasteiger charge is 2.16. The molecule has 0 amide bonds. The van der Waals surface area contributed by atoms with Crippen molar-refractivity contribution in [1.29, 1.82) is 0 Å². The zero-order valence-corrected chi connectivity index (χ0v) is 15.8. The Hall–Kier alpha value is -2.86. The topological polar surface area (TPSA) is 70.0 Å². The quantitative estimate of drug-likeness (QED) is 0.744. The molecule has 0 saturated heterocycles. The van der Waals surface area contributed by atoms with Crippen molar-refractivity contribution >= 4 is 22.6 Å². The van der Waals surface area contributed by atoms with Gasteiger partial charge in [-0.2, -0.15) is 0 Å². The van der Waals surface area contributed by atoms with Crippen molar-refractivity contribution in [1.82, 2.24) is 4.90 Å². The van der Waals surface area contributed by atoms with Gasteiger partial charge in [-0.3, -0.25) is 4.79 Å². The number of phenols is 1. The molecule has 27 heavy (non-hydrogen) atoms. The van der Waals surface area contributed by atoms with Gasteiger partial charge in [-0.15, -0.1) is 0 Å². The summed E-state index contributed by atoms with van der Waals surface area (Å²) in [5, 5.41) is 21.3. The van der Waals surface area contributed by atoms with E-state index in [1.165, 1.54) is 0 Å². The molecule has 2 aromatic rings. The molecule has 1 aliphatic heterocycles. The lowest BCUT2D eigenvalue weighted by Gasteiger charge is -2.22. The third-order valence-electron chi connectivity index (χ3n) is 4.27. The minimum Gasteiger partial charge on any atom is -0.508 e. The third-order valence-corrected chi connectivity index (χ3v) is 5.11. The van der Waals surface area contributed by atoms with Crippen molar-refractivity contribution in [2.75, 3.05) is 13.7 Å². The molecule has 1 aliphatic rings. The lowest BCUT2D eigenvalue weighted by atomic mass is 9.98. The molecule has 1 heterocycles. The highest BCUT2D eigenvalue weighted by atomic mass is 32.2. The largest absolute Gasteiger partial charge is 0.508 e. The summed E-state index contributed by atoms with van der Waals surface area (Å²) in [6.45, 7) is 0.405. The van der Waals surface area contributed by atoms with Crippen LogP contribution in [0.3, 0.4) is 0 Å². The Morgan fingerprint density at radius 2 is 1.96 bits per heavy atom. The molecule has 0 aromatic heterocycles. The highest BCUT2D eigenvalue weighted by molar-refractivity contribution is 8.11. The zero-order chi connectivity index (χ0) is 19.2. The van der Waals surface area contributed by atoms with Crippen molar-refractivity contribution in [3.8, 4) is 11.5 Å². The number of hydrogen-bond donors (Lipinski definition) is 2. The van der Waals surface area contributed by atoms with E-state index in [0.717, 1.165) is 27.3 Å². The van der Waals surface area contributed by atoms with Crippen molar-refractivity contribution in [2.24, 2.45) is 0 Å². The molecule has 3 rings (SSSR count). The standard InChI is InChI=1S/C21H21NO4S/c1-26-16-7-5-15(6-8-16)13-18-17(3-2-4-19(18)23)20-14-22(11-12-27-20)10-9-21(24)25/h2-8,11-12,14,23H,9-10,13H2,1H3,(H,24,25). The Labute approximate surface area is 162 Å². The number of hydrogen-bond acceptors (Lipinski definition) is 5. The molecule has 5 nitrogen and oxygen atoms in total. The zero-order valence-electron chi connectivity index (χ0n) is 15.0. The summed E-state index contributed by atoms with van der Waals surface area (Å²) in [6.07, 6.45) is 4.45. The van der Waals surface area contributed by atoms with E-state index < -0.39 is 5.97 Å². The second kappa shape index (κ2) is 8.68. The normalized spacial score (nSPS) is 13.4. The molecule has 6 heteroatoms. The number of nitrogens with zero attached hydrogens (tertiary/aromatic N) is 1. The van der Waals surface area contributed by atoms with Gasteiger partial charge in [0, 0.05) is 35.8 Å². The van der Waals surface area contributed by atoms with Gasteiger partial charge in [-0.05, 0) is 34.7 Å². The molecule has 0 radical (unpaired) electrons. The van der Waals surface area contributed by atoms with Crippen LogP contribution in [0.15, 0.2) is 60.3 Å². The molecule has 0 atom stereocenters. The van der Waals surface area contributed by atoms with Crippen molar-refractivity contribution in [3.63, 3.8) is 0 Å². The molecule has 0 unspecified atom stereocenters. The molecular formula is C21H21NO4S. The van der Waals surface area contributed by atoms with E-state index in [-0.39, 0.29) is 12.2 Å². The number of methoxy groups -OCH3 is 1. The van der Waals surface area contributed by atoms with Crippen LogP contribution >= 0.6 is 11.8 Å². The van der Waals surface area contributed by atoms with E-state index in [4.69, 9.17) is 9.84 Å². The van der Waals surface area contributed by atoms with Crippen LogP contribution < -0.4 is 4.74 Å². The van der Waals surface area contributed by atoms with E-state index >= 15 is 0 Å². The smallest absolute Gasteiger partial charge is 0.305 e. The summed E-state index contributed by atoms with van der Waals surface area (Å²) >= 11 is 1.55. The molecule has 2 aromatic carbocycles. The van der Waals surface area contributed by atoms with Crippen molar-refractivity contribution in [2.45, 2.75) is 12.8 Å². The summed E-state index contributed by atoms with van der Waals surface area (Å²) < 4.78 is 5.20. The Bertz CT molecular complexity index is 874. The van der Waals surface area contributed by atoms with Crippen molar-refractivity contribution in [3.05, 3.63) is 77.0 Å². The molecule has 0 aliphatic carbocycles. The predicted molar refractivity (Wildman–Crippen MR) is 108 cm³/mol. The number of carbonyl (C=O) groups is 1. The number of aromatic hydroxyl groups is 1. The van der Waals surface area contributed by atoms with Crippen LogP contribution in [-0.2, 0) is 11.2 Å². The lowest BCUT2D eigenvalue weighted by molar-refractivity contribution is -0.137. The average molecular weight is 383 g/mol. The second-order valence-corrected chi connectivity index (χ2v) is 7.05. The van der Waals surface area contributed by atoms with E-state index in [2.05, 4.69) is 0 Å². The number of phenolic OH excluding ortho intramolecular Hbond substituents is 1. The van der Waals surface area contributed by atoms with Gasteiger partial charge in [0.1, 0.15) is 11.5 Å². The molecule has 140 valence electrons. The van der Waals surface area contributed by atoms with Crippen molar-refractivity contribution < 1.29 is 19.7 Å². The van der Waals surface area contributed by atoms with Crippen LogP contribution in [0.1, 0.15) is 23.1 Å². The molecule has 0 bridgehead atoms. The summed E-state index contributed by atoms with van der Waals surface area (Å²) in [5.74, 6) is 0.214. The number of rotatable bonds is 7. The Balaban J connectivity index is 1.87. The Morgan fingerprint density at radius 3 is 2.67 bits per heavy atom. The first-order valence-electron chi connectivity index (χ1n) is 8.53. The number of carboxylic acid groups (broad SMARTS) is 1. The Kier molecular flexibility index (Phi) is 6.08. The fraction of sp³-hybridized carbons (Fsp3) is 0.190. The first kappa shape index (κ1) is 18.9. The van der Waals surface area contributed by atoms with Gasteiger partial charge >= 0.3 is 5.97 Å². The van der Waals surface area contributed by atoms with Crippen LogP contribution in [-0.4, -0.2) is 34.7 Å². The van der Waals surface area contributed by atoms with Gasteiger partial charge in [0.25, 0.3) is 0 Å². The summed E-state index contributed by atoms with van der Waals surface area (Å²) in [4.78, 5) is 13.7. The lowest BCUT2D eigenvalue weighted by Crippen LogP contribution is -2.16. The molecular weight excluding hydrogens is 362 g/mol. The molecule has 0 saturated carbocycles. The van der Waals surface area contributed by atoms with Crippen LogP contribution in [0.2, 0.25) is 0 Å². The first-order valence-corrected chi connectivity index (χ1v) is 9.41. The van der Waals surface area contributed by atoms with Gasteiger partial charge < -0.3 is 19.8 Å². The highest BCUT2D eigenvalue weighted by Crippen LogP contribution is 2.38. The molecule has 0 fully saturated rings. The maximum atomic E-state index is 10.8. The minimum atomic E-state index is -0.825. The Morgan fingerprint density at radius 1 is 1.19 bits per heavy atom. The van der Waals surface area contributed by atoms with Gasteiger partial charge in [-0.25, -0.2) is 0 Å². The van der Waals surface area contributed by atoms with Crippen LogP contribution in [0, 0.1) is 0 Å². The fourth-order valence-corrected chi connectivity index (χ4v) is 3.72. The number of carboxylic acids is 1. The third kappa shape index (κ3) is 4.86. The predicted octanol–water partition coefficient (Wildman–Crippen LogP) is 4.28. The van der Waals surface area contributed by atoms with E-state index in [1.807, 2.05) is 59.1 Å². The average Bonchev–Trinajstić information content (AvgIpc) is 2.68. The first-order chi connectivity index (χ1) is 13.1. The van der Waals surface area contributed by atoms with E-state index in [0.29, 0.717) is 13.0 Å². The maximum Gasteiger partial charge on any atom is 0.305 e. The monoisotopic (exact) mass is 383 g/mol. The fourth-order valence-electron chi connectivity index (χ4n) is 2.84. The van der Waals surface area contributed by atoms with Crippen LogP contribution in [0.5, 0.6) is 11.5 Å². The van der Waals surface area contributed by atoms with Gasteiger partial charge in [0.05, 0.1) is 13.5 Å². The number of aliphatic carboxylic acids is 1. The number of benzene rings is 2. The number of ether oxygens (including phenoxy) is 1. The number of thioether (sulfide) groups is 1. The van der Waals surface area contributed by atoms with Gasteiger partial charge in [-0.1, -0.05) is 36.0 Å². The summed E-state index contributed by atoms with van der Waals surface area (Å²) in [7, 11) is 1.63. The van der Waals surface area contributed by atoms with E-state index in [1.54, 1.807) is 24.9 Å². The molecule has 2 N–H and O–H groups in total. The van der Waals surface area contributed by atoms with Crippen LogP contribution in [0.4, 0.5) is 0 Å². The molecule has 0 spiro atoms.